The molecule has 0 spiro atoms. The van der Waals surface area contributed by atoms with Crippen LogP contribution in [0.2, 0.25) is 0 Å². The molecule has 0 aromatic carbocycles. The number of aliphatic carboxylic acids is 1. The quantitative estimate of drug-likeness (QED) is 0.626. The van der Waals surface area contributed by atoms with Crippen LogP contribution < -0.4 is 0 Å². The van der Waals surface area contributed by atoms with E-state index < -0.39 is 5.97 Å². The number of carbonyl (C=O) groups excluding carboxylic acids is 1. The lowest BCUT2D eigenvalue weighted by molar-refractivity contribution is -0.132. The second-order valence-electron chi connectivity index (χ2n) is 9.37. The van der Waals surface area contributed by atoms with Crippen LogP contribution in [-0.4, -0.2) is 16.9 Å². The number of ketones is 1. The molecule has 0 radical (unpaired) electrons. The largest absolute Gasteiger partial charge is 0.478 e. The van der Waals surface area contributed by atoms with Crippen LogP contribution in [0.3, 0.4) is 0 Å². The fourth-order valence-electron chi connectivity index (χ4n) is 7.12. The molecule has 3 fully saturated rings. The van der Waals surface area contributed by atoms with E-state index in [1.54, 1.807) is 6.92 Å². The second kappa shape index (κ2) is 6.51. The Morgan fingerprint density at radius 1 is 1.04 bits per heavy atom. The first-order valence-corrected chi connectivity index (χ1v) is 9.95. The van der Waals surface area contributed by atoms with Gasteiger partial charge < -0.3 is 5.11 Å². The van der Waals surface area contributed by atoms with E-state index >= 15 is 0 Å². The Balaban J connectivity index is 0.00000196. The van der Waals surface area contributed by atoms with Gasteiger partial charge in [0.25, 0.3) is 0 Å². The highest BCUT2D eigenvalue weighted by Crippen LogP contribution is 2.66. The Bertz CT molecular complexity index is 706. The number of fused-ring (bicyclic) bond motifs is 5. The zero-order valence-electron chi connectivity index (χ0n) is 16.1. The average molecular weight is 379 g/mol. The highest BCUT2D eigenvalue weighted by Gasteiger charge is 2.57. The zero-order valence-corrected chi connectivity index (χ0v) is 17.0. The SMILES string of the molecule is CC(C(=O)O)=C1CC[C@H]2[C@@H]3CCC4=CC(=O)CC[C@]4(C)[C@H]3CC[C@]12C.Cl. The lowest BCUT2D eigenvalue weighted by Gasteiger charge is -2.57. The van der Waals surface area contributed by atoms with Gasteiger partial charge in [-0.3, -0.25) is 4.79 Å². The van der Waals surface area contributed by atoms with Crippen LogP contribution in [0.15, 0.2) is 22.8 Å². The van der Waals surface area contributed by atoms with Crippen molar-refractivity contribution < 1.29 is 14.7 Å². The van der Waals surface area contributed by atoms with E-state index in [0.29, 0.717) is 35.5 Å². The normalized spacial score (nSPS) is 43.4. The minimum atomic E-state index is -0.745. The molecule has 1 N–H and O–H groups in total. The van der Waals surface area contributed by atoms with Gasteiger partial charge in [-0.05, 0) is 86.5 Å². The van der Waals surface area contributed by atoms with Crippen molar-refractivity contribution >= 4 is 24.2 Å². The Kier molecular flexibility index (Phi) is 4.92. The van der Waals surface area contributed by atoms with Crippen molar-refractivity contribution in [2.24, 2.45) is 28.6 Å². The van der Waals surface area contributed by atoms with Gasteiger partial charge in [-0.2, -0.15) is 0 Å². The number of hydrogen-bond acceptors (Lipinski definition) is 2. The van der Waals surface area contributed by atoms with E-state index in [4.69, 9.17) is 0 Å². The topological polar surface area (TPSA) is 54.4 Å². The molecule has 4 rings (SSSR count). The number of carboxylic acid groups (broad SMARTS) is 1. The molecular weight excluding hydrogens is 348 g/mol. The van der Waals surface area contributed by atoms with E-state index in [1.807, 2.05) is 6.08 Å². The highest BCUT2D eigenvalue weighted by molar-refractivity contribution is 5.91. The Labute approximate surface area is 162 Å². The molecule has 3 nitrogen and oxygen atoms in total. The predicted octanol–water partition coefficient (Wildman–Crippen LogP) is 5.34. The standard InChI is InChI=1S/C22H30O3.ClH/c1-13(20(24)25)17-6-7-18-16-5-4-14-12-15(23)8-10-21(14,2)19(16)9-11-22(17,18)3;/h12,16,18-19H,4-11H2,1-3H3,(H,24,25);1H/t16-,18-,19-,21-,22+;/m0./s1. The van der Waals surface area contributed by atoms with E-state index in [-0.39, 0.29) is 23.2 Å². The number of allylic oxidation sites excluding steroid dienone is 2. The molecule has 0 aliphatic heterocycles. The van der Waals surface area contributed by atoms with Crippen molar-refractivity contribution in [3.8, 4) is 0 Å². The van der Waals surface area contributed by atoms with Crippen molar-refractivity contribution in [1.82, 2.24) is 0 Å². The monoisotopic (exact) mass is 378 g/mol. The summed E-state index contributed by atoms with van der Waals surface area (Å²) in [5, 5.41) is 9.50. The Morgan fingerprint density at radius 3 is 2.42 bits per heavy atom. The number of carbonyl (C=O) groups is 2. The summed E-state index contributed by atoms with van der Waals surface area (Å²) in [5.41, 5.74) is 3.49. The van der Waals surface area contributed by atoms with Crippen molar-refractivity contribution in [3.63, 3.8) is 0 Å². The molecule has 0 aromatic heterocycles. The predicted molar refractivity (Wildman–Crippen MR) is 104 cm³/mol. The molecule has 0 heterocycles. The van der Waals surface area contributed by atoms with Crippen molar-refractivity contribution in [3.05, 3.63) is 22.8 Å². The molecule has 3 saturated carbocycles. The van der Waals surface area contributed by atoms with Gasteiger partial charge in [0.2, 0.25) is 0 Å². The maximum Gasteiger partial charge on any atom is 0.331 e. The van der Waals surface area contributed by atoms with Crippen molar-refractivity contribution in [2.75, 3.05) is 0 Å². The van der Waals surface area contributed by atoms with Gasteiger partial charge in [0.15, 0.2) is 5.78 Å². The Hall–Kier alpha value is -1.09. The smallest absolute Gasteiger partial charge is 0.331 e. The molecule has 4 heteroatoms. The third-order valence-electron chi connectivity index (χ3n) is 8.52. The van der Waals surface area contributed by atoms with Gasteiger partial charge >= 0.3 is 5.97 Å². The summed E-state index contributed by atoms with van der Waals surface area (Å²) in [4.78, 5) is 23.5. The summed E-state index contributed by atoms with van der Waals surface area (Å²) in [6, 6.07) is 0. The van der Waals surface area contributed by atoms with Crippen LogP contribution >= 0.6 is 12.4 Å². The van der Waals surface area contributed by atoms with Gasteiger partial charge in [0.1, 0.15) is 0 Å². The fourth-order valence-corrected chi connectivity index (χ4v) is 7.12. The van der Waals surface area contributed by atoms with Crippen molar-refractivity contribution in [1.29, 1.82) is 0 Å². The first kappa shape index (κ1) is 19.7. The molecule has 0 saturated heterocycles. The molecule has 0 unspecified atom stereocenters. The van der Waals surface area contributed by atoms with E-state index in [0.717, 1.165) is 32.1 Å². The molecule has 4 aliphatic rings. The van der Waals surface area contributed by atoms with Gasteiger partial charge in [-0.1, -0.05) is 25.0 Å². The molecule has 4 aliphatic carbocycles. The summed E-state index contributed by atoms with van der Waals surface area (Å²) in [6.07, 6.45) is 10.3. The summed E-state index contributed by atoms with van der Waals surface area (Å²) in [6.45, 7) is 6.53. The van der Waals surface area contributed by atoms with E-state index in [2.05, 4.69) is 13.8 Å². The first-order chi connectivity index (χ1) is 11.8. The minimum Gasteiger partial charge on any atom is -0.478 e. The third-order valence-corrected chi connectivity index (χ3v) is 8.52. The van der Waals surface area contributed by atoms with Crippen LogP contribution in [0.5, 0.6) is 0 Å². The molecule has 5 atom stereocenters. The fraction of sp³-hybridized carbons (Fsp3) is 0.727. The molecule has 144 valence electrons. The van der Waals surface area contributed by atoms with Crippen LogP contribution in [0.4, 0.5) is 0 Å². The van der Waals surface area contributed by atoms with Gasteiger partial charge in [0.05, 0.1) is 0 Å². The maximum absolute atomic E-state index is 11.9. The zero-order chi connectivity index (χ0) is 18.0. The van der Waals surface area contributed by atoms with Crippen LogP contribution in [0.25, 0.3) is 0 Å². The summed E-state index contributed by atoms with van der Waals surface area (Å²) in [7, 11) is 0. The first-order valence-electron chi connectivity index (χ1n) is 9.95. The lowest BCUT2D eigenvalue weighted by atomic mass is 9.47. The summed E-state index contributed by atoms with van der Waals surface area (Å²) < 4.78 is 0. The van der Waals surface area contributed by atoms with E-state index in [9.17, 15) is 14.7 Å². The molecular formula is C22H31ClO3. The average Bonchev–Trinajstić information content (AvgIpc) is 2.92. The van der Waals surface area contributed by atoms with Crippen LogP contribution in [0.1, 0.15) is 72.1 Å². The second-order valence-corrected chi connectivity index (χ2v) is 9.37. The third kappa shape index (κ3) is 2.61. The summed E-state index contributed by atoms with van der Waals surface area (Å²) in [5.74, 6) is 1.54. The number of rotatable bonds is 1. The Morgan fingerprint density at radius 2 is 1.73 bits per heavy atom. The number of halogens is 1. The number of hydrogen-bond donors (Lipinski definition) is 1. The van der Waals surface area contributed by atoms with Crippen molar-refractivity contribution in [2.45, 2.75) is 72.1 Å². The van der Waals surface area contributed by atoms with Crippen LogP contribution in [0, 0.1) is 28.6 Å². The minimum absolute atomic E-state index is 0. The highest BCUT2D eigenvalue weighted by atomic mass is 35.5. The maximum atomic E-state index is 11.9. The molecule has 0 aromatic rings. The van der Waals surface area contributed by atoms with Gasteiger partial charge in [-0.25, -0.2) is 4.79 Å². The lowest BCUT2D eigenvalue weighted by Crippen LogP contribution is -2.49. The molecule has 0 amide bonds. The molecule has 26 heavy (non-hydrogen) atoms. The van der Waals surface area contributed by atoms with Gasteiger partial charge in [0, 0.05) is 12.0 Å². The van der Waals surface area contributed by atoms with Gasteiger partial charge in [-0.15, -0.1) is 12.4 Å². The number of carboxylic acids is 1. The summed E-state index contributed by atoms with van der Waals surface area (Å²) >= 11 is 0. The van der Waals surface area contributed by atoms with Crippen LogP contribution in [-0.2, 0) is 9.59 Å². The molecule has 0 bridgehead atoms. The van der Waals surface area contributed by atoms with E-state index in [1.165, 1.54) is 24.0 Å².